The third-order valence-corrected chi connectivity index (χ3v) is 4.69. The molecule has 0 aliphatic rings. The van der Waals surface area contributed by atoms with Crippen LogP contribution < -0.4 is 5.32 Å². The Morgan fingerprint density at radius 2 is 2.00 bits per heavy atom. The molecule has 1 aromatic heterocycles. The zero-order chi connectivity index (χ0) is 16.9. The van der Waals surface area contributed by atoms with Crippen molar-refractivity contribution in [1.82, 2.24) is 14.9 Å². The molecule has 1 atom stereocenters. The van der Waals surface area contributed by atoms with Crippen LogP contribution in [0.2, 0.25) is 0 Å². The summed E-state index contributed by atoms with van der Waals surface area (Å²) in [6.45, 7) is 2.69. The van der Waals surface area contributed by atoms with Gasteiger partial charge in [-0.2, -0.15) is 0 Å². The number of aromatic nitrogens is 2. The van der Waals surface area contributed by atoms with E-state index in [2.05, 4.69) is 10.3 Å². The molecule has 0 unspecified atom stereocenters. The predicted molar refractivity (Wildman–Crippen MR) is 87.7 cm³/mol. The molecule has 23 heavy (non-hydrogen) atoms. The summed E-state index contributed by atoms with van der Waals surface area (Å²) in [4.78, 5) is 16.4. The number of hydrogen-bond acceptors (Lipinski definition) is 4. The van der Waals surface area contributed by atoms with E-state index in [9.17, 15) is 13.2 Å². The zero-order valence-electron chi connectivity index (χ0n) is 13.3. The molecule has 0 radical (unpaired) electrons. The SMILES string of the molecule is CC[C@@H](Cn1ccnc1)NC(=O)Cc1ccc(S(C)(=O)=O)cc1. The number of hydrogen-bond donors (Lipinski definition) is 1. The van der Waals surface area contributed by atoms with Crippen LogP contribution in [0, 0.1) is 0 Å². The summed E-state index contributed by atoms with van der Waals surface area (Å²) in [5.74, 6) is -0.0796. The highest BCUT2D eigenvalue weighted by atomic mass is 32.2. The van der Waals surface area contributed by atoms with Crippen LogP contribution in [0.3, 0.4) is 0 Å². The van der Waals surface area contributed by atoms with Crippen molar-refractivity contribution >= 4 is 15.7 Å². The van der Waals surface area contributed by atoms with Gasteiger partial charge in [0.1, 0.15) is 0 Å². The van der Waals surface area contributed by atoms with Crippen LogP contribution in [0.1, 0.15) is 18.9 Å². The number of carbonyl (C=O) groups is 1. The van der Waals surface area contributed by atoms with Gasteiger partial charge in [-0.1, -0.05) is 19.1 Å². The van der Waals surface area contributed by atoms with Crippen LogP contribution in [0.25, 0.3) is 0 Å². The van der Waals surface area contributed by atoms with Gasteiger partial charge in [-0.25, -0.2) is 13.4 Å². The fraction of sp³-hybridized carbons (Fsp3) is 0.375. The fourth-order valence-electron chi connectivity index (χ4n) is 2.24. The Morgan fingerprint density at radius 1 is 1.30 bits per heavy atom. The molecule has 0 saturated heterocycles. The van der Waals surface area contributed by atoms with Gasteiger partial charge in [-0.05, 0) is 24.1 Å². The molecule has 0 fully saturated rings. The average Bonchev–Trinajstić information content (AvgIpc) is 2.99. The number of nitrogens with one attached hydrogen (secondary N) is 1. The van der Waals surface area contributed by atoms with Crippen LogP contribution >= 0.6 is 0 Å². The Morgan fingerprint density at radius 3 is 2.52 bits per heavy atom. The number of amides is 1. The van der Waals surface area contributed by atoms with Crippen LogP contribution in [0.5, 0.6) is 0 Å². The zero-order valence-corrected chi connectivity index (χ0v) is 14.1. The van der Waals surface area contributed by atoms with Crippen molar-refractivity contribution in [3.63, 3.8) is 0 Å². The molecule has 2 rings (SSSR count). The monoisotopic (exact) mass is 335 g/mol. The van der Waals surface area contributed by atoms with Crippen LogP contribution in [0.4, 0.5) is 0 Å². The first-order valence-corrected chi connectivity index (χ1v) is 9.31. The predicted octanol–water partition coefficient (Wildman–Crippen LogP) is 1.42. The number of rotatable bonds is 7. The molecule has 0 bridgehead atoms. The average molecular weight is 335 g/mol. The van der Waals surface area contributed by atoms with Crippen molar-refractivity contribution in [2.75, 3.05) is 6.26 Å². The lowest BCUT2D eigenvalue weighted by molar-refractivity contribution is -0.121. The topological polar surface area (TPSA) is 81.1 Å². The Balaban J connectivity index is 1.93. The minimum absolute atomic E-state index is 0.0343. The van der Waals surface area contributed by atoms with Gasteiger partial charge in [0.2, 0.25) is 5.91 Å². The molecule has 7 heteroatoms. The van der Waals surface area contributed by atoms with Crippen LogP contribution in [-0.2, 0) is 27.6 Å². The number of nitrogens with zero attached hydrogens (tertiary/aromatic N) is 2. The van der Waals surface area contributed by atoms with E-state index < -0.39 is 9.84 Å². The Labute approximate surface area is 136 Å². The second-order valence-corrected chi connectivity index (χ2v) is 7.54. The van der Waals surface area contributed by atoms with Crippen molar-refractivity contribution in [1.29, 1.82) is 0 Å². The summed E-state index contributed by atoms with van der Waals surface area (Å²) in [6.07, 6.45) is 7.49. The van der Waals surface area contributed by atoms with E-state index in [1.807, 2.05) is 17.7 Å². The van der Waals surface area contributed by atoms with Gasteiger partial charge < -0.3 is 9.88 Å². The Hall–Kier alpha value is -2.15. The maximum absolute atomic E-state index is 12.1. The number of carbonyl (C=O) groups excluding carboxylic acids is 1. The summed E-state index contributed by atoms with van der Waals surface area (Å²) < 4.78 is 24.8. The molecule has 1 heterocycles. The van der Waals surface area contributed by atoms with E-state index in [1.165, 1.54) is 12.1 Å². The molecular formula is C16H21N3O3S. The first-order chi connectivity index (χ1) is 10.9. The molecule has 0 spiro atoms. The Kier molecular flexibility index (Phi) is 5.54. The summed E-state index contributed by atoms with van der Waals surface area (Å²) in [6, 6.07) is 6.44. The van der Waals surface area contributed by atoms with Crippen LogP contribution in [0.15, 0.2) is 47.9 Å². The summed E-state index contributed by atoms with van der Waals surface area (Å²) in [5, 5.41) is 2.99. The van der Waals surface area contributed by atoms with Crippen molar-refractivity contribution in [3.05, 3.63) is 48.5 Å². The molecule has 0 aliphatic carbocycles. The van der Waals surface area contributed by atoms with E-state index in [4.69, 9.17) is 0 Å². The molecule has 1 N–H and O–H groups in total. The van der Waals surface area contributed by atoms with Gasteiger partial charge in [-0.3, -0.25) is 4.79 Å². The van der Waals surface area contributed by atoms with Crippen molar-refractivity contribution in [2.45, 2.75) is 37.2 Å². The molecule has 1 amide bonds. The molecular weight excluding hydrogens is 314 g/mol. The first kappa shape index (κ1) is 17.2. The van der Waals surface area contributed by atoms with Gasteiger partial charge in [0, 0.05) is 31.2 Å². The third-order valence-electron chi connectivity index (χ3n) is 3.56. The van der Waals surface area contributed by atoms with Crippen molar-refractivity contribution in [2.24, 2.45) is 0 Å². The molecule has 6 nitrogen and oxygen atoms in total. The highest BCUT2D eigenvalue weighted by Crippen LogP contribution is 2.11. The molecule has 0 aliphatic heterocycles. The van der Waals surface area contributed by atoms with E-state index in [0.717, 1.165) is 18.2 Å². The smallest absolute Gasteiger partial charge is 0.224 e. The minimum Gasteiger partial charge on any atom is -0.351 e. The third kappa shape index (κ3) is 5.21. The van der Waals surface area contributed by atoms with Crippen molar-refractivity contribution < 1.29 is 13.2 Å². The minimum atomic E-state index is -3.21. The van der Waals surface area contributed by atoms with Gasteiger partial charge >= 0.3 is 0 Å². The van der Waals surface area contributed by atoms with E-state index in [-0.39, 0.29) is 23.3 Å². The lowest BCUT2D eigenvalue weighted by Gasteiger charge is -2.17. The summed E-state index contributed by atoms with van der Waals surface area (Å²) in [5.41, 5.74) is 0.785. The maximum Gasteiger partial charge on any atom is 0.224 e. The van der Waals surface area contributed by atoms with Gasteiger partial charge in [0.15, 0.2) is 9.84 Å². The van der Waals surface area contributed by atoms with Gasteiger partial charge in [0.05, 0.1) is 17.6 Å². The molecule has 2 aromatic rings. The first-order valence-electron chi connectivity index (χ1n) is 7.42. The Bertz CT molecular complexity index is 737. The molecule has 124 valence electrons. The van der Waals surface area contributed by atoms with E-state index >= 15 is 0 Å². The number of sulfone groups is 1. The normalized spacial score (nSPS) is 12.8. The summed E-state index contributed by atoms with van der Waals surface area (Å²) in [7, 11) is -3.21. The highest BCUT2D eigenvalue weighted by molar-refractivity contribution is 7.90. The van der Waals surface area contributed by atoms with Crippen molar-refractivity contribution in [3.8, 4) is 0 Å². The second-order valence-electron chi connectivity index (χ2n) is 5.53. The summed E-state index contributed by atoms with van der Waals surface area (Å²) >= 11 is 0. The number of benzene rings is 1. The van der Waals surface area contributed by atoms with Gasteiger partial charge in [-0.15, -0.1) is 0 Å². The fourth-order valence-corrected chi connectivity index (χ4v) is 2.88. The highest BCUT2D eigenvalue weighted by Gasteiger charge is 2.12. The van der Waals surface area contributed by atoms with Crippen LogP contribution in [-0.4, -0.2) is 36.2 Å². The van der Waals surface area contributed by atoms with E-state index in [1.54, 1.807) is 24.7 Å². The second kappa shape index (κ2) is 7.41. The lowest BCUT2D eigenvalue weighted by atomic mass is 10.1. The quantitative estimate of drug-likeness (QED) is 0.830. The molecule has 0 saturated carbocycles. The van der Waals surface area contributed by atoms with E-state index in [0.29, 0.717) is 6.54 Å². The lowest BCUT2D eigenvalue weighted by Crippen LogP contribution is -2.38. The largest absolute Gasteiger partial charge is 0.351 e. The number of imidazole rings is 1. The maximum atomic E-state index is 12.1. The molecule has 1 aromatic carbocycles. The standard InChI is InChI=1S/C16H21N3O3S/c1-3-14(11-19-9-8-17-12-19)18-16(20)10-13-4-6-15(7-5-13)23(2,21)22/h4-9,12,14H,3,10-11H2,1-2H3,(H,18,20)/t14-/m0/s1. The van der Waals surface area contributed by atoms with Gasteiger partial charge in [0.25, 0.3) is 0 Å².